The summed E-state index contributed by atoms with van der Waals surface area (Å²) < 4.78 is 23.0. The zero-order chi connectivity index (χ0) is 30.2. The molecule has 0 bridgehead atoms. The molecule has 1 aliphatic heterocycles. The normalized spacial score (nSPS) is 14.5. The maximum absolute atomic E-state index is 10.8. The summed E-state index contributed by atoms with van der Waals surface area (Å²) in [5.74, 6) is -1.52. The Labute approximate surface area is 239 Å². The number of piperazine rings is 1. The molecule has 2 aromatic carbocycles. The molecule has 224 valence electrons. The van der Waals surface area contributed by atoms with E-state index < -0.39 is 17.9 Å². The standard InChI is InChI=1S/C25H34N2O6.C4H4O4/c1-30-21-17-20(18-22(31-2)25(21)32-3)24(19-7-5-4-6-8-19)33-16-15-27-13-11-26(12-14-27)10-9-23(28)29;5-3(6)1-2-4(7)8/h4-8,17-18,24H,9-16H2,1-3H3,(H,28,29);1-2H,(H,5,6)(H,7,8). The fraction of sp³-hybridized carbons (Fsp3) is 0.414. The molecular weight excluding hydrogens is 536 g/mol. The van der Waals surface area contributed by atoms with E-state index in [0.717, 1.165) is 43.9 Å². The van der Waals surface area contributed by atoms with Crippen LogP contribution >= 0.6 is 0 Å². The number of nitrogens with zero attached hydrogens (tertiary/aromatic N) is 2. The molecule has 3 N–H and O–H groups in total. The molecule has 0 saturated carbocycles. The molecule has 0 aliphatic carbocycles. The highest BCUT2D eigenvalue weighted by Crippen LogP contribution is 2.41. The first-order chi connectivity index (χ1) is 19.7. The minimum atomic E-state index is -1.26. The lowest BCUT2D eigenvalue weighted by molar-refractivity contribution is -0.137. The van der Waals surface area contributed by atoms with Crippen LogP contribution in [0, 0.1) is 0 Å². The van der Waals surface area contributed by atoms with Crippen LogP contribution in [0.1, 0.15) is 23.7 Å². The van der Waals surface area contributed by atoms with Crippen molar-refractivity contribution in [3.05, 3.63) is 65.7 Å². The Bertz CT molecular complexity index is 1110. The van der Waals surface area contributed by atoms with Gasteiger partial charge in [0.2, 0.25) is 5.75 Å². The van der Waals surface area contributed by atoms with Crippen molar-refractivity contribution in [1.82, 2.24) is 9.80 Å². The summed E-state index contributed by atoms with van der Waals surface area (Å²) in [7, 11) is 4.80. The van der Waals surface area contributed by atoms with Crippen molar-refractivity contribution in [3.63, 3.8) is 0 Å². The summed E-state index contributed by atoms with van der Waals surface area (Å²) >= 11 is 0. The lowest BCUT2D eigenvalue weighted by atomic mass is 10.0. The number of ether oxygens (including phenoxy) is 4. The van der Waals surface area contributed by atoms with Crippen LogP contribution in [0.3, 0.4) is 0 Å². The smallest absolute Gasteiger partial charge is 0.328 e. The third-order valence-electron chi connectivity index (χ3n) is 6.26. The number of hydrogen-bond acceptors (Lipinski definition) is 9. The van der Waals surface area contributed by atoms with Crippen molar-refractivity contribution in [2.24, 2.45) is 0 Å². The number of rotatable bonds is 14. The molecule has 0 spiro atoms. The van der Waals surface area contributed by atoms with Crippen LogP contribution in [0.5, 0.6) is 17.2 Å². The van der Waals surface area contributed by atoms with Gasteiger partial charge in [-0.3, -0.25) is 9.69 Å². The van der Waals surface area contributed by atoms with Crippen molar-refractivity contribution in [3.8, 4) is 17.2 Å². The number of aliphatic carboxylic acids is 3. The average Bonchev–Trinajstić information content (AvgIpc) is 2.97. The van der Waals surface area contributed by atoms with E-state index >= 15 is 0 Å². The van der Waals surface area contributed by atoms with E-state index in [1.165, 1.54) is 0 Å². The molecule has 12 heteroatoms. The van der Waals surface area contributed by atoms with E-state index in [0.29, 0.717) is 42.6 Å². The van der Waals surface area contributed by atoms with Gasteiger partial charge in [-0.2, -0.15) is 0 Å². The van der Waals surface area contributed by atoms with Crippen molar-refractivity contribution < 1.29 is 48.7 Å². The Hall–Kier alpha value is -4.13. The number of carbonyl (C=O) groups is 3. The Balaban J connectivity index is 0.000000642. The molecule has 1 aliphatic rings. The minimum Gasteiger partial charge on any atom is -0.493 e. The molecule has 2 aromatic rings. The third kappa shape index (κ3) is 11.5. The molecule has 0 radical (unpaired) electrons. The quantitative estimate of drug-likeness (QED) is 0.284. The van der Waals surface area contributed by atoms with E-state index in [2.05, 4.69) is 21.9 Å². The highest BCUT2D eigenvalue weighted by molar-refractivity contribution is 5.89. The second kappa shape index (κ2) is 17.5. The second-order valence-corrected chi connectivity index (χ2v) is 8.96. The Kier molecular flexibility index (Phi) is 14.1. The van der Waals surface area contributed by atoms with Gasteiger partial charge in [0.1, 0.15) is 6.10 Å². The first-order valence-electron chi connectivity index (χ1n) is 12.9. The van der Waals surface area contributed by atoms with Gasteiger partial charge in [-0.15, -0.1) is 0 Å². The molecule has 1 saturated heterocycles. The summed E-state index contributed by atoms with van der Waals surface area (Å²) in [5, 5.41) is 24.5. The van der Waals surface area contributed by atoms with Crippen molar-refractivity contribution >= 4 is 17.9 Å². The lowest BCUT2D eigenvalue weighted by Gasteiger charge is -2.34. The SMILES string of the molecule is COc1cc(C(OCCN2CCN(CCC(=O)O)CC2)c2ccccc2)cc(OC)c1OC.O=C(O)C=CC(=O)O. The highest BCUT2D eigenvalue weighted by atomic mass is 16.5. The summed E-state index contributed by atoms with van der Waals surface area (Å²) in [6.45, 7) is 5.54. The number of carboxylic acids is 3. The van der Waals surface area contributed by atoms with E-state index in [4.69, 9.17) is 34.3 Å². The van der Waals surface area contributed by atoms with Crippen LogP contribution in [-0.4, -0.2) is 110 Å². The van der Waals surface area contributed by atoms with Crippen LogP contribution in [0.4, 0.5) is 0 Å². The van der Waals surface area contributed by atoms with Crippen LogP contribution in [0.15, 0.2) is 54.6 Å². The van der Waals surface area contributed by atoms with Crippen LogP contribution in [0.25, 0.3) is 0 Å². The molecule has 1 heterocycles. The fourth-order valence-electron chi connectivity index (χ4n) is 4.20. The molecule has 1 unspecified atom stereocenters. The Morgan fingerprint density at radius 1 is 0.780 bits per heavy atom. The van der Waals surface area contributed by atoms with E-state index in [1.54, 1.807) is 21.3 Å². The lowest BCUT2D eigenvalue weighted by Crippen LogP contribution is -2.47. The molecule has 1 fully saturated rings. The van der Waals surface area contributed by atoms with Gasteiger partial charge in [0.15, 0.2) is 11.5 Å². The predicted molar refractivity (Wildman–Crippen MR) is 150 cm³/mol. The molecule has 0 aromatic heterocycles. The van der Waals surface area contributed by atoms with Crippen molar-refractivity contribution in [2.45, 2.75) is 12.5 Å². The molecule has 0 amide bonds. The summed E-state index contributed by atoms with van der Waals surface area (Å²) in [5.41, 5.74) is 1.97. The number of benzene rings is 2. The minimum absolute atomic E-state index is 0.191. The molecule has 1 atom stereocenters. The van der Waals surface area contributed by atoms with E-state index in [-0.39, 0.29) is 12.5 Å². The van der Waals surface area contributed by atoms with Crippen LogP contribution in [-0.2, 0) is 19.1 Å². The summed E-state index contributed by atoms with van der Waals surface area (Å²) in [4.78, 5) is 34.5. The number of methoxy groups -OCH3 is 3. The third-order valence-corrected chi connectivity index (χ3v) is 6.26. The van der Waals surface area contributed by atoms with Gasteiger partial charge in [0.05, 0.1) is 34.4 Å². The Morgan fingerprint density at radius 2 is 1.29 bits per heavy atom. The first-order valence-corrected chi connectivity index (χ1v) is 12.9. The fourth-order valence-corrected chi connectivity index (χ4v) is 4.20. The Morgan fingerprint density at radius 3 is 1.73 bits per heavy atom. The first kappa shape index (κ1) is 33.1. The number of carboxylic acid groups (broad SMARTS) is 3. The monoisotopic (exact) mass is 574 g/mol. The highest BCUT2D eigenvalue weighted by Gasteiger charge is 2.22. The molecular formula is C29H38N2O10. The van der Waals surface area contributed by atoms with Crippen molar-refractivity contribution in [1.29, 1.82) is 0 Å². The summed E-state index contributed by atoms with van der Waals surface area (Å²) in [6, 6.07) is 13.9. The van der Waals surface area contributed by atoms with Gasteiger partial charge in [-0.05, 0) is 23.3 Å². The van der Waals surface area contributed by atoms with E-state index in [9.17, 15) is 14.4 Å². The molecule has 12 nitrogen and oxygen atoms in total. The topological polar surface area (TPSA) is 155 Å². The largest absolute Gasteiger partial charge is 0.493 e. The summed E-state index contributed by atoms with van der Waals surface area (Å²) in [6.07, 6.45) is 1.03. The van der Waals surface area contributed by atoms with Gasteiger partial charge in [0, 0.05) is 51.4 Å². The van der Waals surface area contributed by atoms with Gasteiger partial charge in [-0.25, -0.2) is 9.59 Å². The van der Waals surface area contributed by atoms with Gasteiger partial charge < -0.3 is 39.2 Å². The number of hydrogen-bond donors (Lipinski definition) is 3. The molecule has 3 rings (SSSR count). The van der Waals surface area contributed by atoms with Gasteiger partial charge in [-0.1, -0.05) is 30.3 Å². The predicted octanol–water partition coefficient (Wildman–Crippen LogP) is 2.62. The molecule has 41 heavy (non-hydrogen) atoms. The van der Waals surface area contributed by atoms with Gasteiger partial charge in [0.25, 0.3) is 0 Å². The second-order valence-electron chi connectivity index (χ2n) is 8.96. The van der Waals surface area contributed by atoms with E-state index in [1.807, 2.05) is 30.3 Å². The zero-order valence-corrected chi connectivity index (χ0v) is 23.5. The van der Waals surface area contributed by atoms with Crippen molar-refractivity contribution in [2.75, 3.05) is 67.2 Å². The van der Waals surface area contributed by atoms with Gasteiger partial charge >= 0.3 is 17.9 Å². The zero-order valence-electron chi connectivity index (χ0n) is 23.5. The van der Waals surface area contributed by atoms with Crippen LogP contribution < -0.4 is 14.2 Å². The average molecular weight is 575 g/mol. The maximum Gasteiger partial charge on any atom is 0.328 e. The van der Waals surface area contributed by atoms with Crippen LogP contribution in [0.2, 0.25) is 0 Å². The maximum atomic E-state index is 10.8.